The summed E-state index contributed by atoms with van der Waals surface area (Å²) < 4.78 is 10.9. The summed E-state index contributed by atoms with van der Waals surface area (Å²) in [6.45, 7) is 0. The molecule has 7 nitrogen and oxygen atoms in total. The largest absolute Gasteiger partial charge is 0.313 e. The summed E-state index contributed by atoms with van der Waals surface area (Å²) in [5.74, 6) is 0. The topological polar surface area (TPSA) is 124 Å². The fraction of sp³-hybridized carbons (Fsp3) is 0. The van der Waals surface area contributed by atoms with Gasteiger partial charge >= 0.3 is 0 Å². The molecule has 1 aromatic rings. The smallest absolute Gasteiger partial charge is 0.298 e. The Bertz CT molecular complexity index is 385. The number of nitrogens with zero attached hydrogens (tertiary/aromatic N) is 1. The highest BCUT2D eigenvalue weighted by Crippen LogP contribution is 2.28. The van der Waals surface area contributed by atoms with E-state index in [1.807, 2.05) is 0 Å². The fourth-order valence-corrected chi connectivity index (χ4v) is 1.41. The zero-order valence-electron chi connectivity index (χ0n) is 7.08. The fourth-order valence-electron chi connectivity index (χ4n) is 0.859. The van der Waals surface area contributed by atoms with Gasteiger partial charge in [-0.15, -0.1) is 0 Å². The molecule has 0 unspecified atom stereocenters. The number of hydrogen-bond donors (Lipinski definition) is 3. The van der Waals surface area contributed by atoms with Crippen molar-refractivity contribution in [2.45, 2.75) is 0 Å². The lowest BCUT2D eigenvalue weighted by atomic mass is 10.3. The maximum absolute atomic E-state index is 10.9. The van der Waals surface area contributed by atoms with Crippen LogP contribution >= 0.6 is 7.59 Å². The molecule has 0 saturated carbocycles. The molecule has 0 aliphatic heterocycles. The van der Waals surface area contributed by atoms with Crippen LogP contribution in [0.5, 0.6) is 0 Å². The summed E-state index contributed by atoms with van der Waals surface area (Å²) in [7, 11) is -3.35. The first-order valence-electron chi connectivity index (χ1n) is 3.58. The summed E-state index contributed by atoms with van der Waals surface area (Å²) in [6.07, 6.45) is 0. The van der Waals surface area contributed by atoms with Crippen molar-refractivity contribution in [2.75, 3.05) is 5.09 Å². The van der Waals surface area contributed by atoms with Crippen molar-refractivity contribution in [3.8, 4) is 0 Å². The zero-order valence-corrected chi connectivity index (χ0v) is 7.98. The van der Waals surface area contributed by atoms with Crippen LogP contribution in [0, 0.1) is 10.1 Å². The lowest BCUT2D eigenvalue weighted by molar-refractivity contribution is -0.384. The van der Waals surface area contributed by atoms with Gasteiger partial charge in [-0.3, -0.25) is 25.7 Å². The van der Waals surface area contributed by atoms with Crippen LogP contribution in [0.25, 0.3) is 0 Å². The van der Waals surface area contributed by atoms with Crippen LogP contribution in [-0.2, 0) is 4.57 Å². The third kappa shape index (κ3) is 3.14. The van der Waals surface area contributed by atoms with Gasteiger partial charge in [-0.25, -0.2) is 0 Å². The van der Waals surface area contributed by atoms with Gasteiger partial charge in [0, 0.05) is 17.8 Å². The van der Waals surface area contributed by atoms with Gasteiger partial charge in [0.05, 0.1) is 4.92 Å². The monoisotopic (exact) mass is 216 g/mol. The van der Waals surface area contributed by atoms with E-state index in [9.17, 15) is 14.7 Å². The van der Waals surface area contributed by atoms with E-state index in [0.717, 1.165) is 0 Å². The first-order chi connectivity index (χ1) is 6.38. The van der Waals surface area contributed by atoms with Gasteiger partial charge < -0.3 is 5.09 Å². The number of hydrogen-bond acceptors (Lipinski definition) is 3. The number of nitro groups is 1. The maximum Gasteiger partial charge on any atom is 0.298 e. The third-order valence-electron chi connectivity index (χ3n) is 1.38. The summed E-state index contributed by atoms with van der Waals surface area (Å²) in [4.78, 5) is 9.74. The van der Waals surface area contributed by atoms with Crippen molar-refractivity contribution in [3.05, 3.63) is 34.4 Å². The van der Waals surface area contributed by atoms with E-state index in [2.05, 4.69) is 5.09 Å². The molecule has 0 heterocycles. The Morgan fingerprint density at radius 2 is 1.79 bits per heavy atom. The highest BCUT2D eigenvalue weighted by molar-refractivity contribution is 7.60. The molecular formula is C6H9N4O3P. The molecule has 0 radical (unpaired) electrons. The van der Waals surface area contributed by atoms with Crippen LogP contribution in [0.2, 0.25) is 0 Å². The Balaban J connectivity index is 2.84. The summed E-state index contributed by atoms with van der Waals surface area (Å²) in [5, 5.41) is 12.6. The molecule has 0 fully saturated rings. The van der Waals surface area contributed by atoms with E-state index in [0.29, 0.717) is 5.69 Å². The van der Waals surface area contributed by atoms with Gasteiger partial charge in [0.15, 0.2) is 0 Å². The molecule has 0 saturated heterocycles. The minimum atomic E-state index is -3.35. The Labute approximate surface area is 79.8 Å². The third-order valence-corrected chi connectivity index (χ3v) is 1.99. The first-order valence-corrected chi connectivity index (χ1v) is 5.43. The average Bonchev–Trinajstić information content (AvgIpc) is 2.02. The molecule has 76 valence electrons. The SMILES string of the molecule is NP(N)(=O)Nc1ccc([N+](=O)[O-])cc1. The normalized spacial score (nSPS) is 11.0. The van der Waals surface area contributed by atoms with E-state index in [1.54, 1.807) is 0 Å². The molecule has 14 heavy (non-hydrogen) atoms. The van der Waals surface area contributed by atoms with Crippen LogP contribution in [0.1, 0.15) is 0 Å². The molecule has 1 aromatic carbocycles. The number of rotatable bonds is 3. The van der Waals surface area contributed by atoms with Crippen molar-refractivity contribution in [2.24, 2.45) is 11.0 Å². The number of benzene rings is 1. The molecule has 1 rings (SSSR count). The lowest BCUT2D eigenvalue weighted by Gasteiger charge is -2.09. The molecule has 0 atom stereocenters. The Kier molecular flexibility index (Phi) is 2.85. The van der Waals surface area contributed by atoms with Gasteiger partial charge in [0.25, 0.3) is 13.3 Å². The molecule has 0 aromatic heterocycles. The van der Waals surface area contributed by atoms with Crippen molar-refractivity contribution in [1.82, 2.24) is 0 Å². The lowest BCUT2D eigenvalue weighted by Crippen LogP contribution is -2.12. The quantitative estimate of drug-likeness (QED) is 0.393. The minimum absolute atomic E-state index is 0.0561. The van der Waals surface area contributed by atoms with E-state index < -0.39 is 12.5 Å². The van der Waals surface area contributed by atoms with Crippen molar-refractivity contribution < 1.29 is 9.49 Å². The average molecular weight is 216 g/mol. The Morgan fingerprint density at radius 1 is 1.29 bits per heavy atom. The van der Waals surface area contributed by atoms with Crippen LogP contribution in [0.15, 0.2) is 24.3 Å². The predicted molar refractivity (Wildman–Crippen MR) is 52.7 cm³/mol. The second-order valence-electron chi connectivity index (χ2n) is 2.63. The number of anilines is 1. The van der Waals surface area contributed by atoms with Crippen LogP contribution in [0.3, 0.4) is 0 Å². The van der Waals surface area contributed by atoms with Gasteiger partial charge in [0.1, 0.15) is 0 Å². The Hall–Kier alpha value is -1.43. The van der Waals surface area contributed by atoms with Crippen molar-refractivity contribution in [1.29, 1.82) is 0 Å². The standard InChI is InChI=1S/C6H9N4O3P/c7-14(8,13)9-5-1-3-6(4-2-5)10(11)12/h1-4H,(H5,7,8,9,13). The van der Waals surface area contributed by atoms with E-state index >= 15 is 0 Å². The summed E-state index contributed by atoms with van der Waals surface area (Å²) in [5.41, 5.74) is 10.4. The van der Waals surface area contributed by atoms with E-state index in [1.165, 1.54) is 24.3 Å². The van der Waals surface area contributed by atoms with Gasteiger partial charge in [-0.05, 0) is 12.1 Å². The number of nitro benzene ring substituents is 1. The van der Waals surface area contributed by atoms with Gasteiger partial charge in [-0.2, -0.15) is 0 Å². The number of nitrogens with one attached hydrogen (secondary N) is 1. The van der Waals surface area contributed by atoms with Crippen molar-refractivity contribution in [3.63, 3.8) is 0 Å². The summed E-state index contributed by atoms with van der Waals surface area (Å²) in [6, 6.07) is 5.28. The molecule has 0 amide bonds. The molecule has 8 heteroatoms. The molecule has 0 bridgehead atoms. The first kappa shape index (κ1) is 10.6. The van der Waals surface area contributed by atoms with Crippen LogP contribution < -0.4 is 16.1 Å². The highest BCUT2D eigenvalue weighted by atomic mass is 31.2. The van der Waals surface area contributed by atoms with Crippen LogP contribution in [-0.4, -0.2) is 4.92 Å². The molecule has 0 spiro atoms. The molecular weight excluding hydrogens is 207 g/mol. The highest BCUT2D eigenvalue weighted by Gasteiger charge is 2.09. The maximum atomic E-state index is 10.9. The second-order valence-corrected chi connectivity index (χ2v) is 4.27. The molecule has 0 aliphatic carbocycles. The second kappa shape index (κ2) is 3.75. The number of nitrogens with two attached hydrogens (primary N) is 2. The summed E-state index contributed by atoms with van der Waals surface area (Å²) >= 11 is 0. The predicted octanol–water partition coefficient (Wildman–Crippen LogP) is 1.03. The Morgan fingerprint density at radius 3 is 2.14 bits per heavy atom. The molecule has 5 N–H and O–H groups in total. The zero-order chi connectivity index (χ0) is 10.8. The van der Waals surface area contributed by atoms with Gasteiger partial charge in [0.2, 0.25) is 0 Å². The van der Waals surface area contributed by atoms with Gasteiger partial charge in [-0.1, -0.05) is 0 Å². The number of non-ortho nitro benzene ring substituents is 1. The van der Waals surface area contributed by atoms with Crippen molar-refractivity contribution >= 4 is 19.0 Å². The minimum Gasteiger partial charge on any atom is -0.313 e. The van der Waals surface area contributed by atoms with E-state index in [-0.39, 0.29) is 5.69 Å². The van der Waals surface area contributed by atoms with E-state index in [4.69, 9.17) is 11.0 Å². The molecule has 0 aliphatic rings. The van der Waals surface area contributed by atoms with Crippen LogP contribution in [0.4, 0.5) is 11.4 Å².